The number of amides is 1. The van der Waals surface area contributed by atoms with Gasteiger partial charge >= 0.3 is 0 Å². The summed E-state index contributed by atoms with van der Waals surface area (Å²) >= 11 is 0. The third-order valence-electron chi connectivity index (χ3n) is 5.97. The van der Waals surface area contributed by atoms with E-state index in [1.807, 2.05) is 108 Å². The Labute approximate surface area is 209 Å². The molecule has 0 aliphatic rings. The molecule has 0 N–H and O–H groups in total. The minimum atomic E-state index is -0.0795. The largest absolute Gasteiger partial charge is 0.456 e. The van der Waals surface area contributed by atoms with E-state index in [1.54, 1.807) is 18.2 Å². The molecule has 0 fully saturated rings. The molecule has 5 aromatic rings. The molecule has 4 aromatic carbocycles. The molecule has 0 unspecified atom stereocenters. The smallest absolute Gasteiger partial charge is 0.247 e. The van der Waals surface area contributed by atoms with Crippen molar-refractivity contribution in [3.8, 4) is 11.3 Å². The van der Waals surface area contributed by atoms with E-state index in [4.69, 9.17) is 4.42 Å². The van der Waals surface area contributed by atoms with Crippen LogP contribution >= 0.6 is 0 Å². The quantitative estimate of drug-likeness (QED) is 0.248. The van der Waals surface area contributed by atoms with Gasteiger partial charge in [0, 0.05) is 30.8 Å². The predicted octanol–water partition coefficient (Wildman–Crippen LogP) is 6.70. The average molecular weight is 472 g/mol. The molecule has 0 atom stereocenters. The van der Waals surface area contributed by atoms with Crippen LogP contribution in [0.25, 0.3) is 28.4 Å². The molecule has 1 heterocycles. The van der Waals surface area contributed by atoms with Gasteiger partial charge in [0.2, 0.25) is 5.91 Å². The highest BCUT2D eigenvalue weighted by molar-refractivity contribution is 5.91. The number of hydrogen-bond donors (Lipinski definition) is 0. The molecule has 0 bridgehead atoms. The first kappa shape index (κ1) is 23.1. The van der Waals surface area contributed by atoms with Gasteiger partial charge in [0.15, 0.2) is 5.43 Å². The third-order valence-corrected chi connectivity index (χ3v) is 5.97. The third kappa shape index (κ3) is 5.50. The molecule has 4 nitrogen and oxygen atoms in total. The first-order valence-corrected chi connectivity index (χ1v) is 11.8. The van der Waals surface area contributed by atoms with Gasteiger partial charge in [0.25, 0.3) is 0 Å². The van der Waals surface area contributed by atoms with E-state index < -0.39 is 0 Å². The van der Waals surface area contributed by atoms with Crippen LogP contribution in [0.1, 0.15) is 16.7 Å². The molecule has 0 aliphatic carbocycles. The molecule has 0 saturated carbocycles. The van der Waals surface area contributed by atoms with E-state index >= 15 is 0 Å². The number of carbonyl (C=O) groups excluding carboxylic acids is 1. The van der Waals surface area contributed by atoms with Crippen LogP contribution in [0.2, 0.25) is 0 Å². The average Bonchev–Trinajstić information content (AvgIpc) is 2.93. The van der Waals surface area contributed by atoms with E-state index in [9.17, 15) is 9.59 Å². The Morgan fingerprint density at radius 2 is 1.39 bits per heavy atom. The number of nitrogens with zero attached hydrogens (tertiary/aromatic N) is 1. The van der Waals surface area contributed by atoms with E-state index in [1.165, 1.54) is 6.07 Å². The van der Waals surface area contributed by atoms with Crippen molar-refractivity contribution < 1.29 is 9.21 Å². The van der Waals surface area contributed by atoms with Gasteiger partial charge < -0.3 is 9.32 Å². The molecule has 0 saturated heterocycles. The lowest BCUT2D eigenvalue weighted by molar-refractivity contribution is -0.127. The van der Waals surface area contributed by atoms with Crippen molar-refractivity contribution in [3.05, 3.63) is 148 Å². The molecule has 36 heavy (non-hydrogen) atoms. The molecule has 0 spiro atoms. The zero-order chi connectivity index (χ0) is 24.7. The molecular weight excluding hydrogens is 446 g/mol. The number of benzene rings is 4. The summed E-state index contributed by atoms with van der Waals surface area (Å²) in [5.41, 5.74) is 4.24. The Balaban J connectivity index is 1.43. The zero-order valence-corrected chi connectivity index (χ0v) is 19.7. The summed E-state index contributed by atoms with van der Waals surface area (Å²) in [4.78, 5) is 27.7. The van der Waals surface area contributed by atoms with Crippen molar-refractivity contribution in [3.63, 3.8) is 0 Å². The van der Waals surface area contributed by atoms with E-state index in [-0.39, 0.29) is 11.3 Å². The maximum atomic E-state index is 13.3. The lowest BCUT2D eigenvalue weighted by atomic mass is 10.1. The summed E-state index contributed by atoms with van der Waals surface area (Å²) in [6, 6.07) is 36.3. The second-order valence-corrected chi connectivity index (χ2v) is 8.60. The Morgan fingerprint density at radius 1 is 0.722 bits per heavy atom. The minimum absolute atomic E-state index is 0.0784. The van der Waals surface area contributed by atoms with Crippen LogP contribution in [0.4, 0.5) is 0 Å². The van der Waals surface area contributed by atoms with Gasteiger partial charge in [-0.15, -0.1) is 0 Å². The minimum Gasteiger partial charge on any atom is -0.456 e. The fourth-order valence-corrected chi connectivity index (χ4v) is 4.14. The predicted molar refractivity (Wildman–Crippen MR) is 144 cm³/mol. The summed E-state index contributed by atoms with van der Waals surface area (Å²) < 4.78 is 6.03. The second kappa shape index (κ2) is 10.7. The van der Waals surface area contributed by atoms with Crippen molar-refractivity contribution >= 4 is 23.0 Å². The molecule has 1 aromatic heterocycles. The zero-order valence-electron chi connectivity index (χ0n) is 19.7. The topological polar surface area (TPSA) is 50.5 Å². The molecule has 176 valence electrons. The van der Waals surface area contributed by atoms with Gasteiger partial charge in [-0.3, -0.25) is 9.59 Å². The van der Waals surface area contributed by atoms with E-state index in [0.717, 1.165) is 22.3 Å². The van der Waals surface area contributed by atoms with Gasteiger partial charge in [0.05, 0.1) is 5.39 Å². The van der Waals surface area contributed by atoms with Gasteiger partial charge in [-0.25, -0.2) is 0 Å². The van der Waals surface area contributed by atoms with Gasteiger partial charge in [-0.05, 0) is 41.0 Å². The van der Waals surface area contributed by atoms with Crippen molar-refractivity contribution in [2.24, 2.45) is 0 Å². The maximum absolute atomic E-state index is 13.3. The van der Waals surface area contributed by atoms with Crippen LogP contribution in [-0.4, -0.2) is 10.8 Å². The van der Waals surface area contributed by atoms with Crippen LogP contribution in [-0.2, 0) is 17.9 Å². The Morgan fingerprint density at radius 3 is 2.19 bits per heavy atom. The monoisotopic (exact) mass is 471 g/mol. The molecule has 0 radical (unpaired) electrons. The number of rotatable bonds is 7. The van der Waals surface area contributed by atoms with Gasteiger partial charge in [0.1, 0.15) is 11.3 Å². The van der Waals surface area contributed by atoms with Crippen molar-refractivity contribution in [1.82, 2.24) is 4.90 Å². The van der Waals surface area contributed by atoms with Crippen LogP contribution in [0.15, 0.2) is 131 Å². The van der Waals surface area contributed by atoms with E-state index in [2.05, 4.69) is 0 Å². The van der Waals surface area contributed by atoms with Crippen LogP contribution in [0.5, 0.6) is 0 Å². The van der Waals surface area contributed by atoms with Gasteiger partial charge in [-0.2, -0.15) is 0 Å². The van der Waals surface area contributed by atoms with E-state index in [0.29, 0.717) is 29.8 Å². The molecule has 4 heteroatoms. The lowest BCUT2D eigenvalue weighted by Crippen LogP contribution is -2.28. The molecule has 5 rings (SSSR count). The summed E-state index contributed by atoms with van der Waals surface area (Å²) in [6.45, 7) is 0.895. The van der Waals surface area contributed by atoms with Crippen molar-refractivity contribution in [1.29, 1.82) is 0 Å². The Hall–Kier alpha value is -4.70. The molecular formula is C32H25NO3. The fraction of sp³-hybridized carbons (Fsp3) is 0.0625. The summed E-state index contributed by atoms with van der Waals surface area (Å²) in [5.74, 6) is 0.427. The van der Waals surface area contributed by atoms with Gasteiger partial charge in [-0.1, -0.05) is 91.0 Å². The fourth-order valence-electron chi connectivity index (χ4n) is 4.14. The second-order valence-electron chi connectivity index (χ2n) is 8.60. The molecule has 1 amide bonds. The number of carbonyl (C=O) groups is 1. The van der Waals surface area contributed by atoms with Crippen molar-refractivity contribution in [2.45, 2.75) is 13.1 Å². The molecule has 0 aliphatic heterocycles. The van der Waals surface area contributed by atoms with Crippen LogP contribution in [0, 0.1) is 0 Å². The number of fused-ring (bicyclic) bond motifs is 1. The maximum Gasteiger partial charge on any atom is 0.247 e. The Kier molecular flexibility index (Phi) is 6.86. The van der Waals surface area contributed by atoms with Crippen LogP contribution < -0.4 is 5.43 Å². The summed E-state index contributed by atoms with van der Waals surface area (Å²) in [5, 5.41) is 0.558. The summed E-state index contributed by atoms with van der Waals surface area (Å²) in [6.07, 6.45) is 3.45. The van der Waals surface area contributed by atoms with Crippen molar-refractivity contribution in [2.75, 3.05) is 0 Å². The van der Waals surface area contributed by atoms with Crippen LogP contribution in [0.3, 0.4) is 0 Å². The highest BCUT2D eigenvalue weighted by Gasteiger charge is 2.14. The first-order valence-electron chi connectivity index (χ1n) is 11.8. The normalized spacial score (nSPS) is 11.1. The summed E-state index contributed by atoms with van der Waals surface area (Å²) in [7, 11) is 0. The number of hydrogen-bond acceptors (Lipinski definition) is 3. The Bertz CT molecular complexity index is 1570. The lowest BCUT2D eigenvalue weighted by Gasteiger charge is -2.22. The highest BCUT2D eigenvalue weighted by atomic mass is 16.3. The first-order chi connectivity index (χ1) is 17.7. The standard InChI is InChI=1S/C32H25NO3/c34-29-21-31(36-30-17-8-7-16-28(29)30)27-15-9-14-26(20-27)23-33(22-25-12-5-2-6-13-25)32(35)19-18-24-10-3-1-4-11-24/h1-21H,22-23H2/b19-18+. The SMILES string of the molecule is O=C(/C=C/c1ccccc1)N(Cc1ccccc1)Cc1cccc(-c2cc(=O)c3ccccc3o2)c1. The highest BCUT2D eigenvalue weighted by Crippen LogP contribution is 2.24. The number of para-hydroxylation sites is 1.